The van der Waals surface area contributed by atoms with E-state index in [1.165, 1.54) is 71.9 Å². The first-order chi connectivity index (χ1) is 18.1. The Hall–Kier alpha value is -4.56. The Bertz CT molecular complexity index is 1990. The van der Waals surface area contributed by atoms with E-state index in [9.17, 15) is 0 Å². The van der Waals surface area contributed by atoms with Gasteiger partial charge in [-0.15, -0.1) is 0 Å². The minimum Gasteiger partial charge on any atom is -0.354 e. The minimum absolute atomic E-state index is 0. The van der Waals surface area contributed by atoms with E-state index in [1.54, 1.807) is 0 Å². The van der Waals surface area contributed by atoms with E-state index in [2.05, 4.69) is 139 Å². The maximum Gasteiger partial charge on any atom is 0.0585 e. The van der Waals surface area contributed by atoms with Gasteiger partial charge in [-0.05, 0) is 58.7 Å². The number of hydrogen-bond donors (Lipinski definition) is 1. The van der Waals surface area contributed by atoms with Crippen LogP contribution in [-0.4, -0.2) is 9.55 Å². The Labute approximate surface area is 217 Å². The number of fused-ring (bicyclic) bond motifs is 8. The zero-order chi connectivity index (χ0) is 24.7. The molecule has 0 saturated heterocycles. The van der Waals surface area contributed by atoms with Crippen LogP contribution in [0.25, 0.3) is 60.8 Å². The number of H-pyrrole nitrogens is 1. The van der Waals surface area contributed by atoms with Gasteiger partial charge >= 0.3 is 0 Å². The van der Waals surface area contributed by atoms with Crippen LogP contribution >= 0.6 is 0 Å². The highest BCUT2D eigenvalue weighted by Gasteiger charge is 2.40. The van der Waals surface area contributed by atoms with E-state index in [-0.39, 0.29) is 6.84 Å². The number of nitrogens with one attached hydrogen (secondary N) is 1. The Morgan fingerprint density at radius 3 is 2.14 bits per heavy atom. The van der Waals surface area contributed by atoms with Crippen LogP contribution in [0, 0.1) is 0 Å². The quantitative estimate of drug-likeness (QED) is 0.256. The Morgan fingerprint density at radius 2 is 1.32 bits per heavy atom. The number of benzene rings is 5. The number of nitrogens with zero attached hydrogens (tertiary/aromatic N) is 1. The first-order valence-electron chi connectivity index (χ1n) is 13.0. The Morgan fingerprint density at radius 1 is 0.622 bits per heavy atom. The average molecular weight is 477 g/mol. The molecule has 7 aromatic rings. The van der Waals surface area contributed by atoms with E-state index in [0.29, 0.717) is 0 Å². The maximum atomic E-state index is 3.73. The van der Waals surface area contributed by atoms with Crippen molar-refractivity contribution in [2.45, 2.75) is 19.3 Å². The molecule has 2 heteroatoms. The lowest BCUT2D eigenvalue weighted by molar-refractivity contribution is 0.666. The summed E-state index contributed by atoms with van der Waals surface area (Å²) in [5.74, 6) is 0. The van der Waals surface area contributed by atoms with Gasteiger partial charge in [0.15, 0.2) is 0 Å². The molecule has 178 valence electrons. The molecule has 0 aliphatic heterocycles. The summed E-state index contributed by atoms with van der Waals surface area (Å²) >= 11 is 0. The fourth-order valence-electron chi connectivity index (χ4n) is 6.59. The molecule has 0 saturated carbocycles. The molecule has 0 unspecified atom stereocenters. The number of hydrogen-bond acceptors (Lipinski definition) is 0. The lowest BCUT2D eigenvalue weighted by Crippen LogP contribution is -2.14. The smallest absolute Gasteiger partial charge is 0.0585 e. The number of para-hydroxylation sites is 1. The molecule has 0 bridgehead atoms. The fraction of sp³-hybridized carbons (Fsp3) is 0.0857. The zero-order valence-electron chi connectivity index (χ0n) is 20.9. The van der Waals surface area contributed by atoms with Gasteiger partial charge in [0.25, 0.3) is 0 Å². The standard InChI is InChI=1S/C35H26N2.H2/c1-35(2)29-16-10-9-15-25(29)34-33(35)28-20-31-27(21-32(28)37(34)24-13-7-4-8-14-24)26-19-23(17-18-30(26)36-31)22-11-5-3-6-12-22;/h3-21,36H,1-2H3;1H. The maximum absolute atomic E-state index is 3.73. The van der Waals surface area contributed by atoms with Gasteiger partial charge in [-0.1, -0.05) is 92.7 Å². The van der Waals surface area contributed by atoms with Gasteiger partial charge in [0, 0.05) is 45.3 Å². The second kappa shape index (κ2) is 7.24. The molecule has 2 heterocycles. The summed E-state index contributed by atoms with van der Waals surface area (Å²) in [7, 11) is 0. The molecule has 8 rings (SSSR count). The average Bonchev–Trinajstić information content (AvgIpc) is 3.54. The molecule has 0 amide bonds. The molecule has 1 aliphatic rings. The molecule has 0 spiro atoms. The highest BCUT2D eigenvalue weighted by atomic mass is 15.0. The number of aromatic nitrogens is 2. The van der Waals surface area contributed by atoms with Crippen LogP contribution < -0.4 is 0 Å². The summed E-state index contributed by atoms with van der Waals surface area (Å²) in [4.78, 5) is 3.73. The van der Waals surface area contributed by atoms with Gasteiger partial charge in [-0.25, -0.2) is 0 Å². The fourth-order valence-corrected chi connectivity index (χ4v) is 6.59. The molecule has 0 atom stereocenters. The highest BCUT2D eigenvalue weighted by molar-refractivity contribution is 6.14. The molecule has 2 nitrogen and oxygen atoms in total. The van der Waals surface area contributed by atoms with Crippen molar-refractivity contribution in [3.8, 4) is 28.1 Å². The van der Waals surface area contributed by atoms with Crippen molar-refractivity contribution in [3.05, 3.63) is 126 Å². The molecular weight excluding hydrogens is 448 g/mol. The molecule has 1 N–H and O–H groups in total. The third-order valence-electron chi connectivity index (χ3n) is 8.29. The second-order valence-electron chi connectivity index (χ2n) is 10.7. The van der Waals surface area contributed by atoms with Gasteiger partial charge in [-0.3, -0.25) is 0 Å². The summed E-state index contributed by atoms with van der Waals surface area (Å²) in [5, 5.41) is 3.85. The lowest BCUT2D eigenvalue weighted by atomic mass is 9.81. The van der Waals surface area contributed by atoms with E-state index in [1.807, 2.05) is 0 Å². The summed E-state index contributed by atoms with van der Waals surface area (Å²) in [6.07, 6.45) is 0. The van der Waals surface area contributed by atoms with Crippen LogP contribution in [0.4, 0.5) is 0 Å². The monoisotopic (exact) mass is 476 g/mol. The summed E-state index contributed by atoms with van der Waals surface area (Å²) in [5.41, 5.74) is 12.7. The second-order valence-corrected chi connectivity index (χ2v) is 10.7. The predicted molar refractivity (Wildman–Crippen MR) is 158 cm³/mol. The zero-order valence-corrected chi connectivity index (χ0v) is 20.9. The highest BCUT2D eigenvalue weighted by Crippen LogP contribution is 2.54. The molecular formula is C35H28N2. The van der Waals surface area contributed by atoms with Gasteiger partial charge in [0.2, 0.25) is 0 Å². The third kappa shape index (κ3) is 2.76. The Kier molecular flexibility index (Phi) is 4.03. The SMILES string of the molecule is CC1(C)c2ccccc2-c2c1c1cc3[nH]c4ccc(-c5ccccc5)cc4c3cc1n2-c1ccccc1.[HH]. The first-order valence-corrected chi connectivity index (χ1v) is 13.0. The molecule has 0 fully saturated rings. The van der Waals surface area contributed by atoms with Gasteiger partial charge in [0.05, 0.1) is 11.2 Å². The van der Waals surface area contributed by atoms with Crippen LogP contribution in [0.5, 0.6) is 0 Å². The normalized spacial score (nSPS) is 13.9. The predicted octanol–water partition coefficient (Wildman–Crippen LogP) is 9.48. The van der Waals surface area contributed by atoms with Gasteiger partial charge < -0.3 is 9.55 Å². The Balaban J connectivity index is 0.00000242. The van der Waals surface area contributed by atoms with Crippen molar-refractivity contribution < 1.29 is 1.43 Å². The van der Waals surface area contributed by atoms with E-state index < -0.39 is 0 Å². The van der Waals surface area contributed by atoms with Gasteiger partial charge in [-0.2, -0.15) is 0 Å². The summed E-state index contributed by atoms with van der Waals surface area (Å²) in [6, 6.07) is 41.9. The topological polar surface area (TPSA) is 20.7 Å². The van der Waals surface area contributed by atoms with Crippen LogP contribution in [0.2, 0.25) is 0 Å². The van der Waals surface area contributed by atoms with Crippen molar-refractivity contribution >= 4 is 32.7 Å². The minimum atomic E-state index is -0.0790. The van der Waals surface area contributed by atoms with Crippen LogP contribution in [-0.2, 0) is 5.41 Å². The molecule has 1 aliphatic carbocycles. The van der Waals surface area contributed by atoms with Crippen LogP contribution in [0.15, 0.2) is 115 Å². The van der Waals surface area contributed by atoms with Crippen molar-refractivity contribution in [2.75, 3.05) is 0 Å². The van der Waals surface area contributed by atoms with Crippen LogP contribution in [0.3, 0.4) is 0 Å². The van der Waals surface area contributed by atoms with Crippen molar-refractivity contribution in [2.24, 2.45) is 0 Å². The lowest BCUT2D eigenvalue weighted by Gasteiger charge is -2.21. The van der Waals surface area contributed by atoms with Crippen molar-refractivity contribution in [1.29, 1.82) is 0 Å². The largest absolute Gasteiger partial charge is 0.354 e. The van der Waals surface area contributed by atoms with E-state index >= 15 is 0 Å². The first kappa shape index (κ1) is 20.6. The van der Waals surface area contributed by atoms with Crippen molar-refractivity contribution in [3.63, 3.8) is 0 Å². The van der Waals surface area contributed by atoms with Crippen molar-refractivity contribution in [1.82, 2.24) is 9.55 Å². The summed E-state index contributed by atoms with van der Waals surface area (Å²) < 4.78 is 2.48. The number of aromatic amines is 1. The molecule has 5 aromatic carbocycles. The van der Waals surface area contributed by atoms with E-state index in [0.717, 1.165) is 0 Å². The van der Waals surface area contributed by atoms with Crippen LogP contribution in [0.1, 0.15) is 26.4 Å². The van der Waals surface area contributed by atoms with Gasteiger partial charge in [0.1, 0.15) is 0 Å². The summed E-state index contributed by atoms with van der Waals surface area (Å²) in [6.45, 7) is 4.74. The number of rotatable bonds is 2. The molecule has 0 radical (unpaired) electrons. The van der Waals surface area contributed by atoms with E-state index in [4.69, 9.17) is 0 Å². The molecule has 2 aromatic heterocycles. The third-order valence-corrected chi connectivity index (χ3v) is 8.29. The molecule has 37 heavy (non-hydrogen) atoms.